The molecular weight excluding hydrogens is 266 g/mol. The minimum atomic E-state index is 0.531. The lowest BCUT2D eigenvalue weighted by atomic mass is 10.0. The fourth-order valence-electron chi connectivity index (χ4n) is 2.03. The Hall–Kier alpha value is -2.37. The number of hydrogen-bond donors (Lipinski definition) is 1. The van der Waals surface area contributed by atoms with Crippen LogP contribution in [0.1, 0.15) is 11.1 Å². The highest BCUT2D eigenvalue weighted by Gasteiger charge is 2.15. The van der Waals surface area contributed by atoms with Gasteiger partial charge in [0.1, 0.15) is 5.75 Å². The van der Waals surface area contributed by atoms with Crippen LogP contribution in [0.5, 0.6) is 5.75 Å². The number of anilines is 2. The average molecular weight is 287 g/mol. The second kappa shape index (κ2) is 5.95. The highest BCUT2D eigenvalue weighted by atomic mass is 16.5. The topological polar surface area (TPSA) is 63.2 Å². The van der Waals surface area contributed by atoms with Gasteiger partial charge in [-0.05, 0) is 31.0 Å². The first kappa shape index (κ1) is 15.0. The Morgan fingerprint density at radius 2 is 1.81 bits per heavy atom. The molecule has 21 heavy (non-hydrogen) atoms. The monoisotopic (exact) mass is 287 g/mol. The van der Waals surface area contributed by atoms with Crippen LogP contribution in [0.3, 0.4) is 0 Å². The first-order chi connectivity index (χ1) is 9.97. The summed E-state index contributed by atoms with van der Waals surface area (Å²) >= 11 is 0. The number of rotatable bonds is 4. The fourth-order valence-corrected chi connectivity index (χ4v) is 2.03. The predicted octanol–water partition coefficient (Wildman–Crippen LogP) is 2.27. The average Bonchev–Trinajstić information content (AvgIpc) is 2.49. The van der Waals surface area contributed by atoms with Gasteiger partial charge in [0.25, 0.3) is 0 Å². The zero-order valence-electron chi connectivity index (χ0n) is 13.4. The van der Waals surface area contributed by atoms with Crippen molar-refractivity contribution in [3.8, 4) is 17.1 Å². The van der Waals surface area contributed by atoms with Crippen LogP contribution in [0.15, 0.2) is 12.1 Å². The van der Waals surface area contributed by atoms with E-state index < -0.39 is 0 Å². The number of nitrogens with zero attached hydrogens (tertiary/aromatic N) is 4. The number of aromatic nitrogens is 3. The summed E-state index contributed by atoms with van der Waals surface area (Å²) in [7, 11) is 7.25. The van der Waals surface area contributed by atoms with Gasteiger partial charge in [-0.3, -0.25) is 0 Å². The molecule has 1 heterocycles. The molecule has 0 fully saturated rings. The smallest absolute Gasteiger partial charge is 0.230 e. The molecule has 0 bridgehead atoms. The van der Waals surface area contributed by atoms with E-state index in [0.29, 0.717) is 17.7 Å². The Bertz CT molecular complexity index is 655. The van der Waals surface area contributed by atoms with Crippen molar-refractivity contribution < 1.29 is 4.74 Å². The van der Waals surface area contributed by atoms with Gasteiger partial charge in [0.05, 0.1) is 12.7 Å². The van der Waals surface area contributed by atoms with Gasteiger partial charge < -0.3 is 15.0 Å². The van der Waals surface area contributed by atoms with Crippen LogP contribution in [-0.4, -0.2) is 43.2 Å². The summed E-state index contributed by atoms with van der Waals surface area (Å²) in [4.78, 5) is 15.1. The van der Waals surface area contributed by atoms with Gasteiger partial charge in [-0.1, -0.05) is 6.07 Å². The summed E-state index contributed by atoms with van der Waals surface area (Å²) < 4.78 is 5.55. The van der Waals surface area contributed by atoms with Crippen molar-refractivity contribution in [2.45, 2.75) is 13.8 Å². The Morgan fingerprint density at radius 1 is 1.10 bits per heavy atom. The van der Waals surface area contributed by atoms with Gasteiger partial charge in [0, 0.05) is 21.1 Å². The van der Waals surface area contributed by atoms with Crippen LogP contribution in [0.25, 0.3) is 11.4 Å². The number of benzene rings is 1. The molecule has 0 spiro atoms. The molecule has 2 aromatic rings. The fraction of sp³-hybridized carbons (Fsp3) is 0.400. The number of hydrogen-bond acceptors (Lipinski definition) is 6. The third-order valence-corrected chi connectivity index (χ3v) is 3.37. The van der Waals surface area contributed by atoms with Crippen LogP contribution >= 0.6 is 0 Å². The molecule has 0 aliphatic heterocycles. The van der Waals surface area contributed by atoms with E-state index in [1.807, 2.05) is 38.1 Å². The van der Waals surface area contributed by atoms with E-state index in [1.165, 1.54) is 5.56 Å². The van der Waals surface area contributed by atoms with E-state index in [0.717, 1.165) is 16.9 Å². The van der Waals surface area contributed by atoms with E-state index in [1.54, 1.807) is 14.2 Å². The third kappa shape index (κ3) is 2.89. The molecule has 6 nitrogen and oxygen atoms in total. The molecule has 2 rings (SSSR count). The number of aryl methyl sites for hydroxylation is 1. The maximum absolute atomic E-state index is 5.55. The maximum Gasteiger partial charge on any atom is 0.230 e. The van der Waals surface area contributed by atoms with Crippen LogP contribution in [0.2, 0.25) is 0 Å². The predicted molar refractivity (Wildman–Crippen MR) is 85.2 cm³/mol. The van der Waals surface area contributed by atoms with E-state index in [9.17, 15) is 0 Å². The van der Waals surface area contributed by atoms with Crippen LogP contribution in [-0.2, 0) is 0 Å². The summed E-state index contributed by atoms with van der Waals surface area (Å²) in [6.45, 7) is 4.09. The highest BCUT2D eigenvalue weighted by Crippen LogP contribution is 2.33. The van der Waals surface area contributed by atoms with Crippen molar-refractivity contribution in [2.75, 3.05) is 38.5 Å². The largest absolute Gasteiger partial charge is 0.496 e. The SMILES string of the molecule is CNc1nc(-c2ccc(C)c(C)c2OC)nc(N(C)C)n1. The molecule has 0 amide bonds. The normalized spacial score (nSPS) is 10.4. The zero-order valence-corrected chi connectivity index (χ0v) is 13.4. The second-order valence-electron chi connectivity index (χ2n) is 5.02. The number of ether oxygens (including phenoxy) is 1. The van der Waals surface area contributed by atoms with Crippen molar-refractivity contribution in [1.29, 1.82) is 0 Å². The first-order valence-corrected chi connectivity index (χ1v) is 6.73. The molecular formula is C15H21N5O. The highest BCUT2D eigenvalue weighted by molar-refractivity contribution is 5.69. The molecule has 0 aliphatic carbocycles. The van der Waals surface area contributed by atoms with Gasteiger partial charge >= 0.3 is 0 Å². The second-order valence-corrected chi connectivity index (χ2v) is 5.02. The van der Waals surface area contributed by atoms with E-state index in [2.05, 4.69) is 27.2 Å². The quantitative estimate of drug-likeness (QED) is 0.930. The van der Waals surface area contributed by atoms with Gasteiger partial charge in [-0.2, -0.15) is 15.0 Å². The van der Waals surface area contributed by atoms with Gasteiger partial charge in [-0.25, -0.2) is 0 Å². The van der Waals surface area contributed by atoms with E-state index in [-0.39, 0.29) is 0 Å². The van der Waals surface area contributed by atoms with E-state index >= 15 is 0 Å². The van der Waals surface area contributed by atoms with Crippen LogP contribution < -0.4 is 15.0 Å². The minimum absolute atomic E-state index is 0.531. The Morgan fingerprint density at radius 3 is 2.38 bits per heavy atom. The van der Waals surface area contributed by atoms with Crippen molar-refractivity contribution in [3.63, 3.8) is 0 Å². The molecule has 0 saturated carbocycles. The molecule has 1 aromatic carbocycles. The number of nitrogens with one attached hydrogen (secondary N) is 1. The van der Waals surface area contributed by atoms with Crippen molar-refractivity contribution in [3.05, 3.63) is 23.3 Å². The summed E-state index contributed by atoms with van der Waals surface area (Å²) in [5, 5.41) is 2.97. The third-order valence-electron chi connectivity index (χ3n) is 3.37. The van der Waals surface area contributed by atoms with Gasteiger partial charge in [0.15, 0.2) is 5.82 Å². The lowest BCUT2D eigenvalue weighted by Crippen LogP contribution is -2.15. The Balaban J connectivity index is 2.66. The molecule has 1 aromatic heterocycles. The molecule has 0 atom stereocenters. The lowest BCUT2D eigenvalue weighted by molar-refractivity contribution is 0.412. The molecule has 0 unspecified atom stereocenters. The molecule has 1 N–H and O–H groups in total. The van der Waals surface area contributed by atoms with Crippen LogP contribution in [0.4, 0.5) is 11.9 Å². The van der Waals surface area contributed by atoms with Crippen molar-refractivity contribution >= 4 is 11.9 Å². The Kier molecular flexibility index (Phi) is 4.26. The summed E-state index contributed by atoms with van der Waals surface area (Å²) in [6, 6.07) is 4.03. The maximum atomic E-state index is 5.55. The van der Waals surface area contributed by atoms with Gasteiger partial charge in [0.2, 0.25) is 11.9 Å². The molecule has 6 heteroatoms. The summed E-state index contributed by atoms with van der Waals surface area (Å²) in [6.07, 6.45) is 0. The zero-order chi connectivity index (χ0) is 15.6. The molecule has 0 radical (unpaired) electrons. The molecule has 0 aliphatic rings. The lowest BCUT2D eigenvalue weighted by Gasteiger charge is -2.15. The molecule has 0 saturated heterocycles. The standard InChI is InChI=1S/C15H21N5O/c1-9-7-8-11(12(21-6)10(9)2)13-17-14(16-3)19-15(18-13)20(4)5/h7-8H,1-6H3,(H,16,17,18,19). The van der Waals surface area contributed by atoms with Gasteiger partial charge in [-0.15, -0.1) is 0 Å². The van der Waals surface area contributed by atoms with Crippen LogP contribution in [0, 0.1) is 13.8 Å². The first-order valence-electron chi connectivity index (χ1n) is 6.73. The molecule has 112 valence electrons. The minimum Gasteiger partial charge on any atom is -0.496 e. The summed E-state index contributed by atoms with van der Waals surface area (Å²) in [5.74, 6) is 2.53. The van der Waals surface area contributed by atoms with Crippen molar-refractivity contribution in [2.24, 2.45) is 0 Å². The Labute approximate surface area is 125 Å². The van der Waals surface area contributed by atoms with E-state index in [4.69, 9.17) is 4.74 Å². The summed E-state index contributed by atoms with van der Waals surface area (Å²) in [5.41, 5.74) is 3.13. The number of methoxy groups -OCH3 is 1. The van der Waals surface area contributed by atoms with Crippen molar-refractivity contribution in [1.82, 2.24) is 15.0 Å².